The Balaban J connectivity index is 1.39. The van der Waals surface area contributed by atoms with Crippen LogP contribution in [0.15, 0.2) is 57.5 Å². The molecule has 1 aromatic heterocycles. The Kier molecular flexibility index (Phi) is 4.38. The van der Waals surface area contributed by atoms with Crippen LogP contribution in [-0.4, -0.2) is 33.4 Å². The molecule has 0 atom stereocenters. The molecule has 2 aromatic carbocycles. The van der Waals surface area contributed by atoms with Crippen molar-refractivity contribution in [3.05, 3.63) is 70.0 Å². The van der Waals surface area contributed by atoms with E-state index in [0.29, 0.717) is 42.2 Å². The summed E-state index contributed by atoms with van der Waals surface area (Å²) in [5.41, 5.74) is 1.79. The Labute approximate surface area is 157 Å². The summed E-state index contributed by atoms with van der Waals surface area (Å²) in [4.78, 5) is 30.3. The Bertz CT molecular complexity index is 964. The second-order valence-electron chi connectivity index (χ2n) is 5.93. The zero-order valence-electron chi connectivity index (χ0n) is 13.7. The van der Waals surface area contributed by atoms with Crippen molar-refractivity contribution in [2.24, 2.45) is 0 Å². The molecular formula is C19H14BrN3O3. The van der Waals surface area contributed by atoms with E-state index in [4.69, 9.17) is 4.52 Å². The van der Waals surface area contributed by atoms with Gasteiger partial charge in [0.25, 0.3) is 11.8 Å². The van der Waals surface area contributed by atoms with Gasteiger partial charge in [0.1, 0.15) is 0 Å². The molecule has 6 nitrogen and oxygen atoms in total. The van der Waals surface area contributed by atoms with Crippen LogP contribution in [0.5, 0.6) is 0 Å². The molecule has 7 heteroatoms. The number of nitrogens with zero attached hydrogens (tertiary/aromatic N) is 3. The zero-order valence-corrected chi connectivity index (χ0v) is 15.3. The van der Waals surface area contributed by atoms with E-state index in [1.165, 1.54) is 4.90 Å². The molecule has 0 N–H and O–H groups in total. The average Bonchev–Trinajstić information content (AvgIpc) is 3.21. The maximum absolute atomic E-state index is 12.3. The largest absolute Gasteiger partial charge is 0.339 e. The molecule has 0 unspecified atom stereocenters. The van der Waals surface area contributed by atoms with Crippen LogP contribution in [0.1, 0.15) is 33.0 Å². The van der Waals surface area contributed by atoms with Crippen LogP contribution in [0.4, 0.5) is 0 Å². The summed E-state index contributed by atoms with van der Waals surface area (Å²) >= 11 is 3.41. The van der Waals surface area contributed by atoms with Gasteiger partial charge in [-0.2, -0.15) is 4.98 Å². The number of carbonyl (C=O) groups is 2. The molecular weight excluding hydrogens is 398 g/mol. The number of hydrogen-bond donors (Lipinski definition) is 0. The molecule has 26 heavy (non-hydrogen) atoms. The molecule has 3 aromatic rings. The number of aromatic nitrogens is 2. The summed E-state index contributed by atoms with van der Waals surface area (Å²) in [5, 5.41) is 3.99. The van der Waals surface area contributed by atoms with Gasteiger partial charge >= 0.3 is 0 Å². The lowest BCUT2D eigenvalue weighted by molar-refractivity contribution is 0.0651. The van der Waals surface area contributed by atoms with E-state index in [1.54, 1.807) is 24.3 Å². The van der Waals surface area contributed by atoms with Crippen LogP contribution in [0.2, 0.25) is 0 Å². The molecule has 1 aliphatic rings. The fourth-order valence-corrected chi connectivity index (χ4v) is 3.33. The Hall–Kier alpha value is -2.80. The van der Waals surface area contributed by atoms with E-state index in [-0.39, 0.29) is 11.8 Å². The van der Waals surface area contributed by atoms with Crippen molar-refractivity contribution in [3.8, 4) is 11.4 Å². The summed E-state index contributed by atoms with van der Waals surface area (Å²) in [6.07, 6.45) is 1.06. The average molecular weight is 412 g/mol. The van der Waals surface area contributed by atoms with E-state index in [9.17, 15) is 9.59 Å². The van der Waals surface area contributed by atoms with Crippen molar-refractivity contribution in [2.75, 3.05) is 6.54 Å². The minimum Gasteiger partial charge on any atom is -0.339 e. The van der Waals surface area contributed by atoms with Crippen LogP contribution in [-0.2, 0) is 6.42 Å². The highest BCUT2D eigenvalue weighted by atomic mass is 79.9. The van der Waals surface area contributed by atoms with Gasteiger partial charge in [0.05, 0.1) is 11.1 Å². The van der Waals surface area contributed by atoms with E-state index in [2.05, 4.69) is 26.1 Å². The highest BCUT2D eigenvalue weighted by Crippen LogP contribution is 2.23. The summed E-state index contributed by atoms with van der Waals surface area (Å²) in [6.45, 7) is 0.320. The first-order valence-corrected chi connectivity index (χ1v) is 8.96. The monoisotopic (exact) mass is 411 g/mol. The molecule has 130 valence electrons. The number of imide groups is 1. The van der Waals surface area contributed by atoms with Gasteiger partial charge in [0.15, 0.2) is 0 Å². The van der Waals surface area contributed by atoms with Crippen LogP contribution in [0, 0.1) is 0 Å². The van der Waals surface area contributed by atoms with Crippen LogP contribution >= 0.6 is 15.9 Å². The van der Waals surface area contributed by atoms with Gasteiger partial charge in [-0.05, 0) is 30.7 Å². The number of amides is 2. The molecule has 0 saturated heterocycles. The van der Waals surface area contributed by atoms with Crippen molar-refractivity contribution in [1.29, 1.82) is 0 Å². The van der Waals surface area contributed by atoms with E-state index in [0.717, 1.165) is 10.0 Å². The highest BCUT2D eigenvalue weighted by Gasteiger charge is 2.34. The van der Waals surface area contributed by atoms with Crippen molar-refractivity contribution >= 4 is 27.7 Å². The second kappa shape index (κ2) is 6.84. The summed E-state index contributed by atoms with van der Waals surface area (Å²) in [6, 6.07) is 14.5. The molecule has 0 radical (unpaired) electrons. The number of rotatable bonds is 5. The van der Waals surface area contributed by atoms with E-state index >= 15 is 0 Å². The molecule has 2 heterocycles. The fraction of sp³-hybridized carbons (Fsp3) is 0.158. The third kappa shape index (κ3) is 3.06. The lowest BCUT2D eigenvalue weighted by Crippen LogP contribution is -2.30. The third-order valence-corrected chi connectivity index (χ3v) is 4.69. The smallest absolute Gasteiger partial charge is 0.261 e. The third-order valence-electron chi connectivity index (χ3n) is 4.20. The van der Waals surface area contributed by atoms with Crippen molar-refractivity contribution < 1.29 is 14.1 Å². The molecule has 4 rings (SSSR count). The maximum atomic E-state index is 12.3. The molecule has 0 saturated carbocycles. The lowest BCUT2D eigenvalue weighted by Gasteiger charge is -2.12. The fourth-order valence-electron chi connectivity index (χ4n) is 2.93. The Morgan fingerprint density at radius 2 is 1.73 bits per heavy atom. The van der Waals surface area contributed by atoms with Crippen LogP contribution in [0.3, 0.4) is 0 Å². The van der Waals surface area contributed by atoms with Gasteiger partial charge in [0, 0.05) is 23.0 Å². The standard InChI is InChI=1S/C19H14BrN3O3/c20-13-6-3-5-12(11-13)17-21-16(26-22-17)9-4-10-23-18(24)14-7-1-2-8-15(14)19(23)25/h1-3,5-8,11H,4,9-10H2. The SMILES string of the molecule is O=C1c2ccccc2C(=O)N1CCCc1nc(-c2cccc(Br)c2)no1. The predicted octanol–water partition coefficient (Wildman–Crippen LogP) is 3.73. The van der Waals surface area contributed by atoms with Gasteiger partial charge < -0.3 is 4.52 Å². The summed E-state index contributed by atoms with van der Waals surface area (Å²) in [5.74, 6) is 0.510. The molecule has 1 aliphatic heterocycles. The molecule has 0 bridgehead atoms. The number of halogens is 1. The van der Waals surface area contributed by atoms with Gasteiger partial charge in [-0.1, -0.05) is 45.4 Å². The predicted molar refractivity (Wildman–Crippen MR) is 97.6 cm³/mol. The van der Waals surface area contributed by atoms with Gasteiger partial charge in [-0.3, -0.25) is 14.5 Å². The van der Waals surface area contributed by atoms with Gasteiger partial charge in [-0.25, -0.2) is 0 Å². The summed E-state index contributed by atoms with van der Waals surface area (Å²) < 4.78 is 6.21. The molecule has 0 fully saturated rings. The number of aryl methyl sites for hydroxylation is 1. The molecule has 0 aliphatic carbocycles. The minimum atomic E-state index is -0.244. The first-order valence-electron chi connectivity index (χ1n) is 8.17. The number of hydrogen-bond acceptors (Lipinski definition) is 5. The highest BCUT2D eigenvalue weighted by molar-refractivity contribution is 9.10. The Morgan fingerprint density at radius 1 is 1.00 bits per heavy atom. The van der Waals surface area contributed by atoms with Gasteiger partial charge in [-0.15, -0.1) is 0 Å². The van der Waals surface area contributed by atoms with Crippen molar-refractivity contribution in [2.45, 2.75) is 12.8 Å². The van der Waals surface area contributed by atoms with Gasteiger partial charge in [0.2, 0.25) is 11.7 Å². The number of fused-ring (bicyclic) bond motifs is 1. The number of benzene rings is 2. The molecule has 0 spiro atoms. The van der Waals surface area contributed by atoms with Crippen molar-refractivity contribution in [3.63, 3.8) is 0 Å². The quantitative estimate of drug-likeness (QED) is 0.597. The van der Waals surface area contributed by atoms with Crippen LogP contribution < -0.4 is 0 Å². The lowest BCUT2D eigenvalue weighted by atomic mass is 10.1. The normalized spacial score (nSPS) is 13.3. The van der Waals surface area contributed by atoms with Crippen molar-refractivity contribution in [1.82, 2.24) is 15.0 Å². The minimum absolute atomic E-state index is 0.244. The number of carbonyl (C=O) groups excluding carboxylic acids is 2. The molecule has 2 amide bonds. The van der Waals surface area contributed by atoms with Crippen LogP contribution in [0.25, 0.3) is 11.4 Å². The first-order chi connectivity index (χ1) is 12.6. The maximum Gasteiger partial charge on any atom is 0.261 e. The topological polar surface area (TPSA) is 76.3 Å². The second-order valence-corrected chi connectivity index (χ2v) is 6.85. The first kappa shape index (κ1) is 16.7. The van der Waals surface area contributed by atoms with E-state index in [1.807, 2.05) is 24.3 Å². The van der Waals surface area contributed by atoms with E-state index < -0.39 is 0 Å². The Morgan fingerprint density at radius 3 is 2.42 bits per heavy atom. The summed E-state index contributed by atoms with van der Waals surface area (Å²) in [7, 11) is 0. The zero-order chi connectivity index (χ0) is 18.1.